The van der Waals surface area contributed by atoms with E-state index in [0.717, 1.165) is 5.56 Å². The van der Waals surface area contributed by atoms with E-state index in [-0.39, 0.29) is 25.0 Å². The minimum atomic E-state index is -0.918. The highest BCUT2D eigenvalue weighted by atomic mass is 16.4. The van der Waals surface area contributed by atoms with Crippen LogP contribution in [-0.2, 0) is 9.59 Å². The van der Waals surface area contributed by atoms with Gasteiger partial charge in [0.05, 0.1) is 19.1 Å². The number of nitrogens with zero attached hydrogens (tertiary/aromatic N) is 2. The maximum atomic E-state index is 12.2. The normalized spacial score (nSPS) is 12.2. The highest BCUT2D eigenvalue weighted by molar-refractivity contribution is 5.79. The van der Waals surface area contributed by atoms with Crippen LogP contribution in [0.15, 0.2) is 30.3 Å². The summed E-state index contributed by atoms with van der Waals surface area (Å²) in [6.07, 6.45) is 0. The number of carbonyl (C=O) groups excluding carboxylic acids is 1. The van der Waals surface area contributed by atoms with Gasteiger partial charge >= 0.3 is 5.97 Å². The largest absolute Gasteiger partial charge is 0.480 e. The van der Waals surface area contributed by atoms with Crippen molar-refractivity contribution in [1.29, 1.82) is 0 Å². The number of rotatable bonds is 7. The third-order valence-electron chi connectivity index (χ3n) is 3.42. The van der Waals surface area contributed by atoms with Gasteiger partial charge in [-0.25, -0.2) is 0 Å². The van der Waals surface area contributed by atoms with Crippen LogP contribution >= 0.6 is 0 Å². The highest BCUT2D eigenvalue weighted by Crippen LogP contribution is 2.18. The van der Waals surface area contributed by atoms with Crippen molar-refractivity contribution >= 4 is 11.9 Å². The standard InChI is InChI=1S/C15H22N2O3/c1-4-17(11-15(19)20)10-14(18)16(3)12(2)13-8-6-5-7-9-13/h5-9,12H,4,10-11H2,1-3H3,(H,19,20). The molecule has 20 heavy (non-hydrogen) atoms. The van der Waals surface area contributed by atoms with Crippen LogP contribution in [0.1, 0.15) is 25.5 Å². The van der Waals surface area contributed by atoms with Gasteiger partial charge in [-0.1, -0.05) is 37.3 Å². The zero-order valence-corrected chi connectivity index (χ0v) is 12.2. The van der Waals surface area contributed by atoms with Crippen molar-refractivity contribution < 1.29 is 14.7 Å². The van der Waals surface area contributed by atoms with Crippen LogP contribution in [-0.4, -0.2) is 53.5 Å². The van der Waals surface area contributed by atoms with E-state index in [4.69, 9.17) is 5.11 Å². The van der Waals surface area contributed by atoms with E-state index >= 15 is 0 Å². The lowest BCUT2D eigenvalue weighted by Gasteiger charge is -2.28. The zero-order chi connectivity index (χ0) is 15.1. The summed E-state index contributed by atoms with van der Waals surface area (Å²) >= 11 is 0. The van der Waals surface area contributed by atoms with Gasteiger partial charge in [-0.3, -0.25) is 14.5 Å². The smallest absolute Gasteiger partial charge is 0.317 e. The molecule has 0 aromatic heterocycles. The van der Waals surface area contributed by atoms with Crippen molar-refractivity contribution in [3.8, 4) is 0 Å². The fourth-order valence-corrected chi connectivity index (χ4v) is 1.94. The Balaban J connectivity index is 2.64. The third-order valence-corrected chi connectivity index (χ3v) is 3.42. The number of hydrogen-bond acceptors (Lipinski definition) is 3. The maximum absolute atomic E-state index is 12.2. The van der Waals surface area contributed by atoms with E-state index in [0.29, 0.717) is 6.54 Å². The molecule has 1 aromatic carbocycles. The second-order valence-electron chi connectivity index (χ2n) is 4.79. The predicted molar refractivity (Wildman–Crippen MR) is 77.4 cm³/mol. The Bertz CT molecular complexity index is 448. The predicted octanol–water partition coefficient (Wildman–Crippen LogP) is 1.61. The molecule has 5 heteroatoms. The molecule has 1 unspecified atom stereocenters. The Morgan fingerprint density at radius 3 is 2.30 bits per heavy atom. The Kier molecular flexibility index (Phi) is 6.18. The maximum Gasteiger partial charge on any atom is 0.317 e. The van der Waals surface area contributed by atoms with Crippen molar-refractivity contribution in [1.82, 2.24) is 9.80 Å². The summed E-state index contributed by atoms with van der Waals surface area (Å²) < 4.78 is 0. The summed E-state index contributed by atoms with van der Waals surface area (Å²) in [6.45, 7) is 4.34. The summed E-state index contributed by atoms with van der Waals surface area (Å²) in [6, 6.07) is 9.73. The average Bonchev–Trinajstić information content (AvgIpc) is 2.45. The van der Waals surface area contributed by atoms with Crippen LogP contribution in [0.3, 0.4) is 0 Å². The first kappa shape index (κ1) is 16.2. The summed E-state index contributed by atoms with van der Waals surface area (Å²) in [7, 11) is 1.74. The van der Waals surface area contributed by atoms with Gasteiger partial charge < -0.3 is 10.0 Å². The summed E-state index contributed by atoms with van der Waals surface area (Å²) in [4.78, 5) is 26.2. The summed E-state index contributed by atoms with van der Waals surface area (Å²) in [5.41, 5.74) is 1.06. The van der Waals surface area contributed by atoms with Gasteiger partial charge in [0.2, 0.25) is 5.91 Å². The van der Waals surface area contributed by atoms with Gasteiger partial charge in [0.15, 0.2) is 0 Å². The Morgan fingerprint density at radius 1 is 1.20 bits per heavy atom. The summed E-state index contributed by atoms with van der Waals surface area (Å²) in [5.74, 6) is -0.997. The lowest BCUT2D eigenvalue weighted by atomic mass is 10.1. The minimum Gasteiger partial charge on any atom is -0.480 e. The minimum absolute atomic E-state index is 0.0350. The Labute approximate surface area is 119 Å². The van der Waals surface area contributed by atoms with Gasteiger partial charge in [0, 0.05) is 7.05 Å². The lowest BCUT2D eigenvalue weighted by Crippen LogP contribution is -2.41. The van der Waals surface area contributed by atoms with E-state index < -0.39 is 5.97 Å². The van der Waals surface area contributed by atoms with Gasteiger partial charge in [-0.2, -0.15) is 0 Å². The van der Waals surface area contributed by atoms with E-state index in [1.54, 1.807) is 16.8 Å². The SMILES string of the molecule is CCN(CC(=O)O)CC(=O)N(C)C(C)c1ccccc1. The molecule has 0 fully saturated rings. The van der Waals surface area contributed by atoms with Crippen molar-refractivity contribution in [3.05, 3.63) is 35.9 Å². The van der Waals surface area contributed by atoms with Crippen molar-refractivity contribution in [2.75, 3.05) is 26.7 Å². The number of carbonyl (C=O) groups is 2. The zero-order valence-electron chi connectivity index (χ0n) is 12.2. The molecule has 1 atom stereocenters. The molecule has 110 valence electrons. The second kappa shape index (κ2) is 7.65. The molecular formula is C15H22N2O3. The first-order chi connectivity index (χ1) is 9.45. The van der Waals surface area contributed by atoms with Crippen molar-refractivity contribution in [2.24, 2.45) is 0 Å². The molecule has 0 radical (unpaired) electrons. The number of likely N-dealkylation sites (N-methyl/N-ethyl adjacent to an activating group) is 2. The monoisotopic (exact) mass is 278 g/mol. The number of carboxylic acid groups (broad SMARTS) is 1. The quantitative estimate of drug-likeness (QED) is 0.823. The molecule has 0 aliphatic heterocycles. The first-order valence-corrected chi connectivity index (χ1v) is 6.70. The van der Waals surface area contributed by atoms with E-state index in [9.17, 15) is 9.59 Å². The number of aliphatic carboxylic acids is 1. The lowest BCUT2D eigenvalue weighted by molar-refractivity contribution is -0.139. The molecule has 0 heterocycles. The van der Waals surface area contributed by atoms with Crippen LogP contribution < -0.4 is 0 Å². The molecule has 5 nitrogen and oxygen atoms in total. The van der Waals surface area contributed by atoms with E-state index in [1.165, 1.54) is 0 Å². The van der Waals surface area contributed by atoms with Gasteiger partial charge in [-0.15, -0.1) is 0 Å². The molecule has 0 aliphatic rings. The van der Waals surface area contributed by atoms with Crippen LogP contribution in [0.25, 0.3) is 0 Å². The van der Waals surface area contributed by atoms with Crippen LogP contribution in [0, 0.1) is 0 Å². The molecule has 1 aromatic rings. The highest BCUT2D eigenvalue weighted by Gasteiger charge is 2.20. The molecule has 1 rings (SSSR count). The molecule has 0 aliphatic carbocycles. The molecule has 0 saturated carbocycles. The van der Waals surface area contributed by atoms with Gasteiger partial charge in [-0.05, 0) is 19.0 Å². The third kappa shape index (κ3) is 4.66. The second-order valence-corrected chi connectivity index (χ2v) is 4.79. The van der Waals surface area contributed by atoms with Crippen LogP contribution in [0.4, 0.5) is 0 Å². The number of amides is 1. The van der Waals surface area contributed by atoms with Crippen molar-refractivity contribution in [3.63, 3.8) is 0 Å². The van der Waals surface area contributed by atoms with Gasteiger partial charge in [0.25, 0.3) is 0 Å². The van der Waals surface area contributed by atoms with Crippen LogP contribution in [0.2, 0.25) is 0 Å². The molecular weight excluding hydrogens is 256 g/mol. The fraction of sp³-hybridized carbons (Fsp3) is 0.467. The van der Waals surface area contributed by atoms with E-state index in [2.05, 4.69) is 0 Å². The summed E-state index contributed by atoms with van der Waals surface area (Å²) in [5, 5.41) is 8.79. The fourth-order valence-electron chi connectivity index (χ4n) is 1.94. The molecule has 0 saturated heterocycles. The average molecular weight is 278 g/mol. The van der Waals surface area contributed by atoms with Crippen LogP contribution in [0.5, 0.6) is 0 Å². The number of hydrogen-bond donors (Lipinski definition) is 1. The first-order valence-electron chi connectivity index (χ1n) is 6.70. The van der Waals surface area contributed by atoms with E-state index in [1.807, 2.05) is 44.2 Å². The molecule has 1 N–H and O–H groups in total. The molecule has 0 bridgehead atoms. The Hall–Kier alpha value is -1.88. The topological polar surface area (TPSA) is 60.9 Å². The van der Waals surface area contributed by atoms with Gasteiger partial charge in [0.1, 0.15) is 0 Å². The molecule has 0 spiro atoms. The number of carboxylic acids is 1. The molecule has 1 amide bonds. The number of benzene rings is 1. The Morgan fingerprint density at radius 2 is 1.80 bits per heavy atom. The van der Waals surface area contributed by atoms with Crippen molar-refractivity contribution in [2.45, 2.75) is 19.9 Å².